The van der Waals surface area contributed by atoms with Gasteiger partial charge in [0.1, 0.15) is 18.1 Å². The topological polar surface area (TPSA) is 30.5 Å². The van der Waals surface area contributed by atoms with Crippen LogP contribution < -0.4 is 14.8 Å². The molecule has 3 rings (SSSR count). The summed E-state index contributed by atoms with van der Waals surface area (Å²) in [6, 6.07) is 8.71. The molecular formula is C18H27NO2. The molecule has 0 aliphatic heterocycles. The van der Waals surface area contributed by atoms with Crippen LogP contribution in [0.2, 0.25) is 0 Å². The minimum absolute atomic E-state index is 0.741. The Hall–Kier alpha value is -1.22. The lowest BCUT2D eigenvalue weighted by atomic mass is 10.1. The van der Waals surface area contributed by atoms with E-state index in [1.54, 1.807) is 0 Å². The molecule has 0 unspecified atom stereocenters. The van der Waals surface area contributed by atoms with Gasteiger partial charge in [-0.05, 0) is 68.2 Å². The lowest BCUT2D eigenvalue weighted by Gasteiger charge is -2.17. The molecule has 116 valence electrons. The highest BCUT2D eigenvalue weighted by atomic mass is 16.5. The van der Waals surface area contributed by atoms with E-state index >= 15 is 0 Å². The Balaban J connectivity index is 1.34. The minimum atomic E-state index is 0.741. The average molecular weight is 289 g/mol. The van der Waals surface area contributed by atoms with Crippen molar-refractivity contribution in [3.63, 3.8) is 0 Å². The Kier molecular flexibility index (Phi) is 5.02. The van der Waals surface area contributed by atoms with Crippen LogP contribution in [0.4, 0.5) is 0 Å². The van der Waals surface area contributed by atoms with E-state index in [0.717, 1.165) is 55.6 Å². The minimum Gasteiger partial charge on any atom is -0.494 e. The van der Waals surface area contributed by atoms with Crippen molar-refractivity contribution >= 4 is 0 Å². The first-order chi connectivity index (χ1) is 10.4. The molecule has 0 aromatic heterocycles. The number of hydrogen-bond acceptors (Lipinski definition) is 3. The highest BCUT2D eigenvalue weighted by Gasteiger charge is 2.40. The fourth-order valence-corrected chi connectivity index (χ4v) is 2.88. The predicted octanol–water partition coefficient (Wildman–Crippen LogP) is 3.63. The van der Waals surface area contributed by atoms with Crippen LogP contribution in [-0.2, 0) is 0 Å². The van der Waals surface area contributed by atoms with Crippen molar-refractivity contribution in [2.24, 2.45) is 11.8 Å². The van der Waals surface area contributed by atoms with E-state index in [1.807, 2.05) is 24.3 Å². The monoisotopic (exact) mass is 289 g/mol. The summed E-state index contributed by atoms with van der Waals surface area (Å²) in [7, 11) is 0. The molecule has 0 bridgehead atoms. The molecule has 1 aromatic rings. The van der Waals surface area contributed by atoms with Crippen LogP contribution in [0.1, 0.15) is 39.0 Å². The summed E-state index contributed by atoms with van der Waals surface area (Å²) < 4.78 is 11.4. The Labute approximate surface area is 128 Å². The number of rotatable bonds is 10. The van der Waals surface area contributed by atoms with Gasteiger partial charge in [-0.15, -0.1) is 0 Å². The molecule has 0 radical (unpaired) electrons. The zero-order chi connectivity index (χ0) is 14.5. The van der Waals surface area contributed by atoms with Gasteiger partial charge in [0.15, 0.2) is 0 Å². The Morgan fingerprint density at radius 3 is 1.95 bits per heavy atom. The van der Waals surface area contributed by atoms with Gasteiger partial charge < -0.3 is 14.8 Å². The summed E-state index contributed by atoms with van der Waals surface area (Å²) in [5.74, 6) is 3.75. The molecule has 3 nitrogen and oxygen atoms in total. The van der Waals surface area contributed by atoms with Crippen molar-refractivity contribution < 1.29 is 9.47 Å². The summed E-state index contributed by atoms with van der Waals surface area (Å²) in [6.45, 7) is 4.58. The fourth-order valence-electron chi connectivity index (χ4n) is 2.88. The Morgan fingerprint density at radius 1 is 0.952 bits per heavy atom. The smallest absolute Gasteiger partial charge is 0.119 e. The molecule has 21 heavy (non-hydrogen) atoms. The summed E-state index contributed by atoms with van der Waals surface area (Å²) >= 11 is 0. The summed E-state index contributed by atoms with van der Waals surface area (Å²) in [5, 5.41) is 3.70. The van der Waals surface area contributed by atoms with E-state index in [2.05, 4.69) is 12.2 Å². The van der Waals surface area contributed by atoms with Gasteiger partial charge in [0.25, 0.3) is 0 Å². The van der Waals surface area contributed by atoms with Crippen molar-refractivity contribution in [3.8, 4) is 11.5 Å². The van der Waals surface area contributed by atoms with Crippen LogP contribution in [0.5, 0.6) is 11.5 Å². The molecule has 2 aliphatic rings. The molecule has 0 amide bonds. The average Bonchev–Trinajstić information content (AvgIpc) is 3.39. The molecule has 0 spiro atoms. The maximum atomic E-state index is 5.80. The van der Waals surface area contributed by atoms with E-state index in [-0.39, 0.29) is 0 Å². The van der Waals surface area contributed by atoms with Crippen LogP contribution in [-0.4, -0.2) is 25.8 Å². The maximum Gasteiger partial charge on any atom is 0.119 e. The lowest BCUT2D eigenvalue weighted by Crippen LogP contribution is -2.36. The van der Waals surface area contributed by atoms with Crippen molar-refractivity contribution in [2.75, 3.05) is 19.8 Å². The van der Waals surface area contributed by atoms with Gasteiger partial charge in [0.2, 0.25) is 0 Å². The first-order valence-corrected chi connectivity index (χ1v) is 8.46. The normalized spacial score (nSPS) is 18.0. The SMILES string of the molecule is CCCOc1ccc(OCCNC(C2CC2)C2CC2)cc1. The van der Waals surface area contributed by atoms with E-state index < -0.39 is 0 Å². The van der Waals surface area contributed by atoms with Crippen LogP contribution in [0.15, 0.2) is 24.3 Å². The molecular weight excluding hydrogens is 262 g/mol. The number of benzene rings is 1. The standard InChI is InChI=1S/C18H27NO2/c1-2-12-20-16-7-9-17(10-8-16)21-13-11-19-18(14-3-4-14)15-5-6-15/h7-10,14-15,18-19H,2-6,11-13H2,1H3. The van der Waals surface area contributed by atoms with Crippen LogP contribution in [0.25, 0.3) is 0 Å². The summed E-state index contributed by atoms with van der Waals surface area (Å²) in [6.07, 6.45) is 6.73. The van der Waals surface area contributed by atoms with E-state index in [9.17, 15) is 0 Å². The van der Waals surface area contributed by atoms with Crippen molar-refractivity contribution in [3.05, 3.63) is 24.3 Å². The maximum absolute atomic E-state index is 5.80. The van der Waals surface area contributed by atoms with E-state index in [1.165, 1.54) is 25.7 Å². The molecule has 1 aromatic carbocycles. The second-order valence-corrected chi connectivity index (χ2v) is 6.32. The van der Waals surface area contributed by atoms with Crippen molar-refractivity contribution in [1.29, 1.82) is 0 Å². The van der Waals surface area contributed by atoms with Gasteiger partial charge in [-0.3, -0.25) is 0 Å². The van der Waals surface area contributed by atoms with Gasteiger partial charge in [0.05, 0.1) is 6.61 Å². The second kappa shape index (κ2) is 7.17. The highest BCUT2D eigenvalue weighted by molar-refractivity contribution is 5.31. The third-order valence-corrected chi connectivity index (χ3v) is 4.31. The third-order valence-electron chi connectivity index (χ3n) is 4.31. The van der Waals surface area contributed by atoms with E-state index in [0.29, 0.717) is 0 Å². The Morgan fingerprint density at radius 2 is 1.48 bits per heavy atom. The second-order valence-electron chi connectivity index (χ2n) is 6.32. The molecule has 2 aliphatic carbocycles. The summed E-state index contributed by atoms with van der Waals surface area (Å²) in [4.78, 5) is 0. The number of ether oxygens (including phenoxy) is 2. The van der Waals surface area contributed by atoms with Gasteiger partial charge in [-0.25, -0.2) is 0 Å². The zero-order valence-corrected chi connectivity index (χ0v) is 13.0. The van der Waals surface area contributed by atoms with E-state index in [4.69, 9.17) is 9.47 Å². The van der Waals surface area contributed by atoms with Crippen LogP contribution in [0, 0.1) is 11.8 Å². The Bertz CT molecular complexity index is 411. The molecule has 0 saturated heterocycles. The molecule has 0 heterocycles. The van der Waals surface area contributed by atoms with Gasteiger partial charge in [-0.2, -0.15) is 0 Å². The van der Waals surface area contributed by atoms with Gasteiger partial charge >= 0.3 is 0 Å². The van der Waals surface area contributed by atoms with Crippen LogP contribution >= 0.6 is 0 Å². The first kappa shape index (κ1) is 14.7. The molecule has 2 fully saturated rings. The lowest BCUT2D eigenvalue weighted by molar-refractivity contribution is 0.291. The van der Waals surface area contributed by atoms with Crippen molar-refractivity contribution in [1.82, 2.24) is 5.32 Å². The third kappa shape index (κ3) is 4.63. The highest BCUT2D eigenvalue weighted by Crippen LogP contribution is 2.44. The quantitative estimate of drug-likeness (QED) is 0.667. The number of nitrogens with one attached hydrogen (secondary N) is 1. The largest absolute Gasteiger partial charge is 0.494 e. The van der Waals surface area contributed by atoms with Crippen molar-refractivity contribution in [2.45, 2.75) is 45.1 Å². The van der Waals surface area contributed by atoms with Gasteiger partial charge in [0, 0.05) is 12.6 Å². The first-order valence-electron chi connectivity index (χ1n) is 8.46. The summed E-state index contributed by atoms with van der Waals surface area (Å²) in [5.41, 5.74) is 0. The molecule has 2 saturated carbocycles. The number of hydrogen-bond donors (Lipinski definition) is 1. The predicted molar refractivity (Wildman–Crippen MR) is 85.0 cm³/mol. The molecule has 3 heteroatoms. The molecule has 0 atom stereocenters. The zero-order valence-electron chi connectivity index (χ0n) is 13.0. The fraction of sp³-hybridized carbons (Fsp3) is 0.667. The van der Waals surface area contributed by atoms with Crippen LogP contribution in [0.3, 0.4) is 0 Å². The van der Waals surface area contributed by atoms with Gasteiger partial charge in [-0.1, -0.05) is 6.92 Å². The molecule has 1 N–H and O–H groups in total.